The fraction of sp³-hybridized carbons (Fsp3) is 0.625. The van der Waals surface area contributed by atoms with Gasteiger partial charge in [-0.25, -0.2) is 0 Å². The number of benzene rings is 1. The molecule has 1 rings (SSSR count). The van der Waals surface area contributed by atoms with E-state index in [1.165, 1.54) is 0 Å². The van der Waals surface area contributed by atoms with Gasteiger partial charge in [0.15, 0.2) is 0 Å². The molecule has 0 aromatic heterocycles. The predicted molar refractivity (Wildman–Crippen MR) is 101 cm³/mol. The van der Waals surface area contributed by atoms with Crippen LogP contribution in [0.2, 0.25) is 7.78 Å². The van der Waals surface area contributed by atoms with E-state index >= 15 is 0 Å². The summed E-state index contributed by atoms with van der Waals surface area (Å²) in [5, 5.41) is 0. The molecule has 0 N–H and O–H groups in total. The molecule has 0 radical (unpaired) electrons. The molecule has 0 bridgehead atoms. The maximum absolute atomic E-state index is 7.36. The minimum atomic E-state index is -3.95. The van der Waals surface area contributed by atoms with Crippen molar-refractivity contribution in [3.63, 3.8) is 0 Å². The van der Waals surface area contributed by atoms with E-state index in [1.807, 2.05) is 57.1 Å². The van der Waals surface area contributed by atoms with Crippen molar-refractivity contribution < 1.29 is 12.3 Å². The Hall–Kier alpha value is 0.842. The number of alkyl halides is 2. The summed E-state index contributed by atoms with van der Waals surface area (Å²) in [7, 11) is 18.7. The van der Waals surface area contributed by atoms with Gasteiger partial charge in [-0.05, 0) is 0 Å². The predicted octanol–water partition coefficient (Wildman–Crippen LogP) is 6.60. The Bertz CT molecular complexity index is 530. The number of rotatable bonds is 4. The van der Waals surface area contributed by atoms with E-state index in [4.69, 9.17) is 42.3 Å². The van der Waals surface area contributed by atoms with Gasteiger partial charge >= 0.3 is 155 Å². The van der Waals surface area contributed by atoms with E-state index in [0.717, 1.165) is 9.72 Å². The zero-order chi connectivity index (χ0) is 17.6. The topological polar surface area (TPSA) is 3.24 Å². The molecule has 22 heavy (non-hydrogen) atoms. The van der Waals surface area contributed by atoms with E-state index in [9.17, 15) is 0 Å². The van der Waals surface area contributed by atoms with Crippen LogP contribution < -0.4 is 8.94 Å². The average Bonchev–Trinajstić information content (AvgIpc) is 2.37. The SMILES string of the molecule is CN(C)c1cc[c]([Pd-3]([Cl])([Cl])([C](C)(C)C)[C](C)(C)C(Cl)Cl)cc1. The molecular weight excluding hydrogens is 454 g/mol. The molecule has 0 saturated heterocycles. The van der Waals surface area contributed by atoms with Crippen molar-refractivity contribution in [3.8, 4) is 0 Å². The summed E-state index contributed by atoms with van der Waals surface area (Å²) in [6.45, 7) is 10.2. The number of hydrogen-bond acceptors (Lipinski definition) is 1. The van der Waals surface area contributed by atoms with Crippen LogP contribution in [0.5, 0.6) is 0 Å². The Balaban J connectivity index is 3.68. The van der Waals surface area contributed by atoms with E-state index in [-0.39, 0.29) is 3.89 Å². The summed E-state index contributed by atoms with van der Waals surface area (Å²) < 4.78 is -0.0187. The van der Waals surface area contributed by atoms with Crippen LogP contribution in [0.3, 0.4) is 0 Å². The third-order valence-corrected chi connectivity index (χ3v) is 25.0. The third-order valence-electron chi connectivity index (χ3n) is 3.70. The first-order valence-corrected chi connectivity index (χ1v) is 14.1. The van der Waals surface area contributed by atoms with Crippen molar-refractivity contribution in [1.82, 2.24) is 0 Å². The van der Waals surface area contributed by atoms with Crippen molar-refractivity contribution in [3.05, 3.63) is 24.3 Å². The summed E-state index contributed by atoms with van der Waals surface area (Å²) in [5.41, 5.74) is 1.10. The molecule has 0 heterocycles. The molecule has 0 aliphatic rings. The van der Waals surface area contributed by atoms with Crippen LogP contribution in [0.1, 0.15) is 34.6 Å². The van der Waals surface area contributed by atoms with E-state index in [1.54, 1.807) is 0 Å². The van der Waals surface area contributed by atoms with Gasteiger partial charge < -0.3 is 0 Å². The van der Waals surface area contributed by atoms with Gasteiger partial charge in [0, 0.05) is 0 Å². The zero-order valence-electron chi connectivity index (χ0n) is 14.2. The average molecular weight is 481 g/mol. The van der Waals surface area contributed by atoms with Gasteiger partial charge in [0.1, 0.15) is 0 Å². The Morgan fingerprint density at radius 1 is 0.909 bits per heavy atom. The second-order valence-corrected chi connectivity index (χ2v) is 22.6. The van der Waals surface area contributed by atoms with Gasteiger partial charge in [-0.2, -0.15) is 0 Å². The maximum atomic E-state index is 7.36. The van der Waals surface area contributed by atoms with Crippen LogP contribution in [-0.2, 0) is 12.3 Å². The van der Waals surface area contributed by atoms with Crippen LogP contribution >= 0.6 is 42.3 Å². The molecule has 0 atom stereocenters. The van der Waals surface area contributed by atoms with Crippen molar-refractivity contribution in [1.29, 1.82) is 0 Å². The molecule has 0 spiro atoms. The van der Waals surface area contributed by atoms with Crippen LogP contribution in [0.4, 0.5) is 5.69 Å². The summed E-state index contributed by atoms with van der Waals surface area (Å²) in [6.07, 6.45) is 0. The molecule has 1 aromatic carbocycles. The Labute approximate surface area is 154 Å². The van der Waals surface area contributed by atoms with Gasteiger partial charge in [-0.1, -0.05) is 0 Å². The molecule has 0 aliphatic heterocycles. The number of hydrogen-bond donors (Lipinski definition) is 0. The number of anilines is 1. The molecule has 6 heteroatoms. The van der Waals surface area contributed by atoms with E-state index in [0.29, 0.717) is 0 Å². The first-order chi connectivity index (χ1) is 9.66. The van der Waals surface area contributed by atoms with Gasteiger partial charge in [0.05, 0.1) is 0 Å². The number of halogens is 4. The van der Waals surface area contributed by atoms with Gasteiger partial charge in [-0.3, -0.25) is 0 Å². The standard InChI is InChI=1S/C8H10N.C4H7Cl2.C4H9.2ClH.Pd/c1-9(2)8-6-4-3-5-7-8;1-3(2)4(5)6;1-4(2)3;;;/h4-7H,1-2H3;4H,1-2H3;1-3H3;2*1H;/q;;;;;-1/p-2. The molecule has 0 fully saturated rings. The Morgan fingerprint density at radius 3 is 1.59 bits per heavy atom. The Kier molecular flexibility index (Phi) is 5.97. The molecule has 136 valence electrons. The fourth-order valence-corrected chi connectivity index (χ4v) is 13.7. The fourth-order valence-electron chi connectivity index (χ4n) is 2.16. The minimum absolute atomic E-state index is 0.344. The monoisotopic (exact) mass is 478 g/mol. The van der Waals surface area contributed by atoms with Gasteiger partial charge in [0.25, 0.3) is 0 Å². The first-order valence-electron chi connectivity index (χ1n) is 6.88. The van der Waals surface area contributed by atoms with Crippen molar-refractivity contribution >= 4 is 52.0 Å². The van der Waals surface area contributed by atoms with Crippen molar-refractivity contribution in [2.24, 2.45) is 0 Å². The Morgan fingerprint density at radius 2 is 1.32 bits per heavy atom. The summed E-state index contributed by atoms with van der Waals surface area (Å²) in [4.78, 5) is 1.38. The van der Waals surface area contributed by atoms with Crippen LogP contribution in [0.25, 0.3) is 0 Å². The summed E-state index contributed by atoms with van der Waals surface area (Å²) >= 11 is 8.67. The second kappa shape index (κ2) is 6.29. The second-order valence-electron chi connectivity index (χ2n) is 6.74. The first kappa shape index (κ1) is 20.9. The molecule has 0 aliphatic carbocycles. The molecule has 0 unspecified atom stereocenters. The van der Waals surface area contributed by atoms with E-state index in [2.05, 4.69) is 20.8 Å². The molecule has 1 nitrogen and oxygen atoms in total. The van der Waals surface area contributed by atoms with Crippen molar-refractivity contribution in [2.45, 2.75) is 47.2 Å². The van der Waals surface area contributed by atoms with Crippen LogP contribution in [-0.4, -0.2) is 18.9 Å². The molecular formula is C16H26Cl4NPd-3. The van der Waals surface area contributed by atoms with Crippen molar-refractivity contribution in [2.75, 3.05) is 19.0 Å². The van der Waals surface area contributed by atoms with E-state index < -0.39 is 21.0 Å². The summed E-state index contributed by atoms with van der Waals surface area (Å²) in [5.74, 6) is 0. The third kappa shape index (κ3) is 2.94. The normalized spacial score (nSPS) is 15.5. The quantitative estimate of drug-likeness (QED) is 0.347. The number of nitrogens with zero attached hydrogens (tertiary/aromatic N) is 1. The summed E-state index contributed by atoms with van der Waals surface area (Å²) in [6, 6.07) is 8.12. The molecule has 0 amide bonds. The molecule has 0 saturated carbocycles. The van der Waals surface area contributed by atoms with Crippen LogP contribution in [0, 0.1) is 0 Å². The van der Waals surface area contributed by atoms with Gasteiger partial charge in [-0.15, -0.1) is 0 Å². The molecule has 1 aromatic rings. The van der Waals surface area contributed by atoms with Gasteiger partial charge in [0.2, 0.25) is 0 Å². The zero-order valence-corrected chi connectivity index (χ0v) is 18.7. The van der Waals surface area contributed by atoms with Crippen LogP contribution in [0.15, 0.2) is 24.3 Å².